The number of nitrogens with zero attached hydrogens (tertiary/aromatic N) is 3. The van der Waals surface area contributed by atoms with Crippen LogP contribution in [0.5, 0.6) is 0 Å². The Morgan fingerprint density at radius 1 is 1.06 bits per heavy atom. The lowest BCUT2D eigenvalue weighted by atomic mass is 9.85. The number of fused-ring (bicyclic) bond motifs is 1. The van der Waals surface area contributed by atoms with Gasteiger partial charge in [0.1, 0.15) is 17.3 Å². The Labute approximate surface area is 188 Å². The molecule has 186 valence electrons. The number of likely N-dealkylation sites (tertiary alicyclic amines) is 1. The molecule has 1 aromatic carbocycles. The summed E-state index contributed by atoms with van der Waals surface area (Å²) in [6, 6.07) is 0.849. The van der Waals surface area contributed by atoms with Crippen molar-refractivity contribution < 1.29 is 39.9 Å². The van der Waals surface area contributed by atoms with Gasteiger partial charge in [-0.2, -0.15) is 31.4 Å². The van der Waals surface area contributed by atoms with Gasteiger partial charge in [0.15, 0.2) is 6.29 Å². The van der Waals surface area contributed by atoms with Crippen LogP contribution in [0.15, 0.2) is 12.1 Å². The Morgan fingerprint density at radius 3 is 2.32 bits per heavy atom. The molecule has 2 aromatic rings. The van der Waals surface area contributed by atoms with Crippen molar-refractivity contribution in [3.05, 3.63) is 51.8 Å². The van der Waals surface area contributed by atoms with Crippen LogP contribution in [0.25, 0.3) is 0 Å². The number of rotatable bonds is 4. The van der Waals surface area contributed by atoms with E-state index >= 15 is 0 Å². The number of halogens is 8. The smallest absolute Gasteiger partial charge is 0.296 e. The minimum absolute atomic E-state index is 0.0273. The molecule has 4 rings (SSSR count). The largest absolute Gasteiger partial charge is 0.419 e. The lowest BCUT2D eigenvalue weighted by Crippen LogP contribution is -2.50. The van der Waals surface area contributed by atoms with Crippen LogP contribution in [0.1, 0.15) is 57.8 Å². The quantitative estimate of drug-likeness (QED) is 0.488. The number of aromatic nitrogens is 2. The van der Waals surface area contributed by atoms with Gasteiger partial charge in [0.05, 0.1) is 18.3 Å². The lowest BCUT2D eigenvalue weighted by Gasteiger charge is -2.45. The molecule has 0 saturated carbocycles. The van der Waals surface area contributed by atoms with Crippen molar-refractivity contribution in [2.75, 3.05) is 26.2 Å². The van der Waals surface area contributed by atoms with Gasteiger partial charge in [0.25, 0.3) is 0 Å². The maximum Gasteiger partial charge on any atom is 0.419 e. The van der Waals surface area contributed by atoms with Crippen LogP contribution in [0, 0.1) is 11.6 Å². The van der Waals surface area contributed by atoms with E-state index in [1.807, 2.05) is 0 Å². The van der Waals surface area contributed by atoms with Gasteiger partial charge in [0.2, 0.25) is 0 Å². The molecule has 1 N–H and O–H groups in total. The number of alkyl halides is 6. The zero-order valence-electron chi connectivity index (χ0n) is 17.6. The van der Waals surface area contributed by atoms with E-state index in [0.717, 1.165) is 4.90 Å². The number of aldehydes is 1. The van der Waals surface area contributed by atoms with Crippen LogP contribution in [0.4, 0.5) is 35.1 Å². The van der Waals surface area contributed by atoms with Crippen LogP contribution in [0.3, 0.4) is 0 Å². The first-order chi connectivity index (χ1) is 15.9. The summed E-state index contributed by atoms with van der Waals surface area (Å²) in [6.07, 6.45) is -9.77. The molecule has 5 nitrogen and oxygen atoms in total. The highest BCUT2D eigenvalue weighted by atomic mass is 19.4. The van der Waals surface area contributed by atoms with E-state index in [2.05, 4.69) is 10.2 Å². The summed E-state index contributed by atoms with van der Waals surface area (Å²) in [5.74, 6) is -3.68. The van der Waals surface area contributed by atoms with Crippen LogP contribution in [-0.4, -0.2) is 58.6 Å². The predicted molar refractivity (Wildman–Crippen MR) is 103 cm³/mol. The summed E-state index contributed by atoms with van der Waals surface area (Å²) in [6.45, 7) is -1.09. The summed E-state index contributed by atoms with van der Waals surface area (Å²) in [5, 5.41) is 6.55. The number of hydrogen-bond acceptors (Lipinski definition) is 4. The number of piperidine rings is 1. The minimum atomic E-state index is -5.03. The predicted octanol–water partition coefficient (Wildman–Crippen LogP) is 4.82. The molecule has 1 atom stereocenters. The maximum absolute atomic E-state index is 14.0. The molecule has 2 aliphatic heterocycles. The molecule has 0 spiro atoms. The number of carbonyl (C=O) groups is 1. The first-order valence-corrected chi connectivity index (χ1v) is 10.5. The number of carbonyl (C=O) groups excluding carboxylic acids is 1. The van der Waals surface area contributed by atoms with Crippen molar-refractivity contribution >= 4 is 6.29 Å². The molecule has 1 unspecified atom stereocenters. The zero-order valence-corrected chi connectivity index (χ0v) is 17.6. The minimum Gasteiger partial charge on any atom is -0.296 e. The van der Waals surface area contributed by atoms with Gasteiger partial charge in [0, 0.05) is 43.4 Å². The Kier molecular flexibility index (Phi) is 6.44. The third kappa shape index (κ3) is 4.81. The normalized spacial score (nSPS) is 21.0. The Hall–Kier alpha value is -2.54. The Morgan fingerprint density at radius 2 is 1.74 bits per heavy atom. The average molecular weight is 496 g/mol. The molecule has 0 aliphatic carbocycles. The standard InChI is InChI=1S/C21H20F8N4O/c22-12-7-13(18(14(23)8-12)21(27,28)29)11-1-4-32(5-2-11)19-17-15(30-31-16(17)9-34)3-6-33(19)10-20(24,25)26/h7-9,11,19H,1-6,10H2,(H,30,31). The number of benzene rings is 1. The first-order valence-electron chi connectivity index (χ1n) is 10.5. The summed E-state index contributed by atoms with van der Waals surface area (Å²) >= 11 is 0. The number of nitrogens with one attached hydrogen (secondary N) is 1. The van der Waals surface area contributed by atoms with Crippen molar-refractivity contribution in [2.24, 2.45) is 0 Å². The van der Waals surface area contributed by atoms with Crippen molar-refractivity contribution in [1.29, 1.82) is 0 Å². The van der Waals surface area contributed by atoms with Crippen LogP contribution in [0.2, 0.25) is 0 Å². The van der Waals surface area contributed by atoms with Gasteiger partial charge in [-0.1, -0.05) is 0 Å². The maximum atomic E-state index is 14.0. The Bertz CT molecular complexity index is 1060. The third-order valence-corrected chi connectivity index (χ3v) is 6.34. The van der Waals surface area contributed by atoms with E-state index < -0.39 is 53.7 Å². The average Bonchev–Trinajstić information content (AvgIpc) is 3.14. The molecule has 1 aromatic heterocycles. The van der Waals surface area contributed by atoms with E-state index in [1.54, 1.807) is 4.90 Å². The molecule has 1 fully saturated rings. The van der Waals surface area contributed by atoms with Crippen molar-refractivity contribution in [2.45, 2.75) is 43.7 Å². The zero-order chi connectivity index (χ0) is 24.8. The fourth-order valence-corrected chi connectivity index (χ4v) is 5.01. The van der Waals surface area contributed by atoms with Crippen LogP contribution < -0.4 is 0 Å². The third-order valence-electron chi connectivity index (χ3n) is 6.34. The highest BCUT2D eigenvalue weighted by Crippen LogP contribution is 2.43. The fourth-order valence-electron chi connectivity index (χ4n) is 5.01. The SMILES string of the molecule is O=Cc1n[nH]c2c1C(N1CCC(c3cc(F)cc(F)c3C(F)(F)F)CC1)N(CC(F)(F)F)CC2. The van der Waals surface area contributed by atoms with E-state index in [0.29, 0.717) is 23.6 Å². The van der Waals surface area contributed by atoms with Gasteiger partial charge in [-0.25, -0.2) is 8.78 Å². The van der Waals surface area contributed by atoms with Gasteiger partial charge in [-0.3, -0.25) is 19.7 Å². The summed E-state index contributed by atoms with van der Waals surface area (Å²) < 4.78 is 108. The van der Waals surface area contributed by atoms with E-state index in [1.165, 1.54) is 0 Å². The second kappa shape index (κ2) is 8.91. The van der Waals surface area contributed by atoms with Crippen molar-refractivity contribution in [3.8, 4) is 0 Å². The highest BCUT2D eigenvalue weighted by molar-refractivity contribution is 5.75. The van der Waals surface area contributed by atoms with Crippen molar-refractivity contribution in [3.63, 3.8) is 0 Å². The monoisotopic (exact) mass is 496 g/mol. The molecular formula is C21H20F8N4O. The summed E-state index contributed by atoms with van der Waals surface area (Å²) in [7, 11) is 0. The second-order valence-corrected chi connectivity index (χ2v) is 8.49. The molecule has 1 saturated heterocycles. The number of H-pyrrole nitrogens is 1. The molecular weight excluding hydrogens is 476 g/mol. The number of hydrogen-bond donors (Lipinski definition) is 1. The number of aromatic amines is 1. The molecule has 2 aliphatic rings. The molecule has 13 heteroatoms. The molecule has 0 radical (unpaired) electrons. The van der Waals surface area contributed by atoms with Gasteiger partial charge in [-0.05, 0) is 30.4 Å². The Balaban J connectivity index is 1.62. The molecule has 0 amide bonds. The van der Waals surface area contributed by atoms with Gasteiger partial charge >= 0.3 is 12.4 Å². The molecule has 34 heavy (non-hydrogen) atoms. The van der Waals surface area contributed by atoms with Crippen LogP contribution in [-0.2, 0) is 12.6 Å². The lowest BCUT2D eigenvalue weighted by molar-refractivity contribution is -0.162. The van der Waals surface area contributed by atoms with Crippen molar-refractivity contribution in [1.82, 2.24) is 20.0 Å². The van der Waals surface area contributed by atoms with E-state index in [9.17, 15) is 39.9 Å². The molecule has 3 heterocycles. The van der Waals surface area contributed by atoms with E-state index in [4.69, 9.17) is 0 Å². The first kappa shape index (κ1) is 24.6. The second-order valence-electron chi connectivity index (χ2n) is 8.49. The van der Waals surface area contributed by atoms with E-state index in [-0.39, 0.29) is 50.7 Å². The van der Waals surface area contributed by atoms with Crippen LogP contribution >= 0.6 is 0 Å². The molecule has 0 bridgehead atoms. The summed E-state index contributed by atoms with van der Waals surface area (Å²) in [4.78, 5) is 14.3. The topological polar surface area (TPSA) is 52.2 Å². The summed E-state index contributed by atoms with van der Waals surface area (Å²) in [5.41, 5.74) is -1.21. The van der Waals surface area contributed by atoms with Gasteiger partial charge in [-0.15, -0.1) is 0 Å². The highest BCUT2D eigenvalue weighted by Gasteiger charge is 2.44. The van der Waals surface area contributed by atoms with Gasteiger partial charge < -0.3 is 0 Å². The fraction of sp³-hybridized carbons (Fsp3) is 0.524.